The second-order valence-electron chi connectivity index (χ2n) is 5.51. The topological polar surface area (TPSA) is 111 Å². The Morgan fingerprint density at radius 2 is 1.88 bits per heavy atom. The molecule has 1 aromatic heterocycles. The number of hydrogen-bond donors (Lipinski definition) is 3. The van der Waals surface area contributed by atoms with Crippen molar-refractivity contribution in [1.29, 1.82) is 5.26 Å². The van der Waals surface area contributed by atoms with Crippen molar-refractivity contribution >= 4 is 29.1 Å². The number of nitrogens with one attached hydrogen (secondary N) is 2. The summed E-state index contributed by atoms with van der Waals surface area (Å²) >= 11 is 0. The van der Waals surface area contributed by atoms with E-state index in [-0.39, 0.29) is 5.56 Å². The highest BCUT2D eigenvalue weighted by molar-refractivity contribution is 5.89. The molecule has 0 aliphatic carbocycles. The van der Waals surface area contributed by atoms with E-state index in [1.54, 1.807) is 36.4 Å². The summed E-state index contributed by atoms with van der Waals surface area (Å²) < 4.78 is 0. The van der Waals surface area contributed by atoms with Gasteiger partial charge in [0, 0.05) is 17.4 Å². The maximum absolute atomic E-state index is 11.1. The molecule has 0 saturated carbocycles. The highest BCUT2D eigenvalue weighted by Gasteiger charge is 2.08. The molecule has 0 unspecified atom stereocenters. The number of aromatic carboxylic acids is 1. The Balaban J connectivity index is 1.87. The summed E-state index contributed by atoms with van der Waals surface area (Å²) in [6, 6.07) is 17.4. The first kappa shape index (κ1) is 16.9. The van der Waals surface area contributed by atoms with Gasteiger partial charge in [-0.05, 0) is 37.3 Å². The van der Waals surface area contributed by atoms with Gasteiger partial charge in [-0.1, -0.05) is 18.2 Å². The van der Waals surface area contributed by atoms with Crippen LogP contribution in [0.5, 0.6) is 0 Å². The molecule has 0 fully saturated rings. The van der Waals surface area contributed by atoms with Crippen molar-refractivity contribution in [3.05, 3.63) is 71.4 Å². The Morgan fingerprint density at radius 3 is 2.65 bits per heavy atom. The van der Waals surface area contributed by atoms with Gasteiger partial charge >= 0.3 is 5.97 Å². The number of carboxylic acid groups (broad SMARTS) is 1. The highest BCUT2D eigenvalue weighted by Crippen LogP contribution is 2.21. The van der Waals surface area contributed by atoms with Gasteiger partial charge in [-0.2, -0.15) is 10.2 Å². The number of aromatic nitrogens is 2. The van der Waals surface area contributed by atoms with Gasteiger partial charge in [-0.15, -0.1) is 0 Å². The van der Waals surface area contributed by atoms with Gasteiger partial charge < -0.3 is 15.7 Å². The zero-order valence-corrected chi connectivity index (χ0v) is 13.9. The van der Waals surface area contributed by atoms with Crippen LogP contribution in [-0.4, -0.2) is 21.0 Å². The molecule has 128 valence electrons. The van der Waals surface area contributed by atoms with Gasteiger partial charge in [0.05, 0.1) is 16.8 Å². The molecule has 26 heavy (non-hydrogen) atoms. The van der Waals surface area contributed by atoms with Gasteiger partial charge in [-0.25, -0.2) is 9.78 Å². The van der Waals surface area contributed by atoms with Gasteiger partial charge in [0.25, 0.3) is 0 Å². The lowest BCUT2D eigenvalue weighted by molar-refractivity contribution is 0.0697. The monoisotopic (exact) mass is 345 g/mol. The minimum Gasteiger partial charge on any atom is -0.478 e. The lowest BCUT2D eigenvalue weighted by Gasteiger charge is -2.11. The molecule has 7 nitrogen and oxygen atoms in total. The molecule has 0 bridgehead atoms. The van der Waals surface area contributed by atoms with Crippen LogP contribution in [0.1, 0.15) is 21.6 Å². The molecule has 2 aromatic carbocycles. The Labute approximate surface area is 150 Å². The first-order valence-corrected chi connectivity index (χ1v) is 7.77. The van der Waals surface area contributed by atoms with Crippen LogP contribution in [0.15, 0.2) is 54.6 Å². The Bertz CT molecular complexity index is 1010. The van der Waals surface area contributed by atoms with Crippen molar-refractivity contribution in [3.8, 4) is 6.07 Å². The van der Waals surface area contributed by atoms with Crippen LogP contribution >= 0.6 is 0 Å². The third-order valence-electron chi connectivity index (χ3n) is 3.53. The predicted octanol–water partition coefficient (Wildman–Crippen LogP) is 3.84. The fourth-order valence-corrected chi connectivity index (χ4v) is 2.38. The van der Waals surface area contributed by atoms with Crippen molar-refractivity contribution in [2.24, 2.45) is 0 Å². The second kappa shape index (κ2) is 7.32. The predicted molar refractivity (Wildman–Crippen MR) is 97.9 cm³/mol. The van der Waals surface area contributed by atoms with Crippen molar-refractivity contribution in [1.82, 2.24) is 9.97 Å². The lowest BCUT2D eigenvalue weighted by atomic mass is 10.2. The highest BCUT2D eigenvalue weighted by atomic mass is 16.4. The van der Waals surface area contributed by atoms with Gasteiger partial charge in [-0.3, -0.25) is 0 Å². The number of carboxylic acids is 1. The molecule has 3 N–H and O–H groups in total. The molecule has 0 atom stereocenters. The van der Waals surface area contributed by atoms with Gasteiger partial charge in [0.2, 0.25) is 5.95 Å². The molecule has 7 heteroatoms. The fraction of sp³-hybridized carbons (Fsp3) is 0.0526. The SMILES string of the molecule is Cc1cc(Nc2cccc(C(=O)O)c2)nc(Nc2ccccc2C#N)n1. The van der Waals surface area contributed by atoms with E-state index >= 15 is 0 Å². The van der Waals surface area contributed by atoms with Crippen LogP contribution < -0.4 is 10.6 Å². The van der Waals surface area contributed by atoms with Crippen LogP contribution in [0.4, 0.5) is 23.1 Å². The molecule has 0 spiro atoms. The van der Waals surface area contributed by atoms with Crippen LogP contribution in [0.2, 0.25) is 0 Å². The number of anilines is 4. The minimum atomic E-state index is -0.997. The summed E-state index contributed by atoms with van der Waals surface area (Å²) in [6.45, 7) is 1.82. The van der Waals surface area contributed by atoms with E-state index in [4.69, 9.17) is 5.11 Å². The van der Waals surface area contributed by atoms with E-state index < -0.39 is 5.97 Å². The summed E-state index contributed by atoms with van der Waals surface area (Å²) in [5.74, 6) is -0.149. The number of para-hydroxylation sites is 1. The van der Waals surface area contributed by atoms with Crippen LogP contribution in [-0.2, 0) is 0 Å². The van der Waals surface area contributed by atoms with Gasteiger partial charge in [0.15, 0.2) is 0 Å². The molecular formula is C19H15N5O2. The normalized spacial score (nSPS) is 10.0. The van der Waals surface area contributed by atoms with Crippen molar-refractivity contribution < 1.29 is 9.90 Å². The summed E-state index contributed by atoms with van der Waals surface area (Å²) in [7, 11) is 0. The van der Waals surface area contributed by atoms with E-state index in [1.807, 2.05) is 13.0 Å². The number of aryl methyl sites for hydroxylation is 1. The van der Waals surface area contributed by atoms with E-state index in [0.717, 1.165) is 0 Å². The number of nitriles is 1. The molecular weight excluding hydrogens is 330 g/mol. The van der Waals surface area contributed by atoms with Crippen molar-refractivity contribution in [2.45, 2.75) is 6.92 Å². The zero-order valence-electron chi connectivity index (χ0n) is 13.9. The van der Waals surface area contributed by atoms with Crippen LogP contribution in [0.25, 0.3) is 0 Å². The number of rotatable bonds is 5. The second-order valence-corrected chi connectivity index (χ2v) is 5.51. The maximum Gasteiger partial charge on any atom is 0.335 e. The zero-order chi connectivity index (χ0) is 18.5. The van der Waals surface area contributed by atoms with E-state index in [9.17, 15) is 10.1 Å². The summed E-state index contributed by atoms with van der Waals surface area (Å²) in [5, 5.41) is 24.4. The molecule has 3 aromatic rings. The number of carbonyl (C=O) groups is 1. The Hall–Kier alpha value is -3.92. The third-order valence-corrected chi connectivity index (χ3v) is 3.53. The Kier molecular flexibility index (Phi) is 4.76. The third kappa shape index (κ3) is 3.94. The van der Waals surface area contributed by atoms with Crippen LogP contribution in [0, 0.1) is 18.3 Å². The van der Waals surface area contributed by atoms with Crippen LogP contribution in [0.3, 0.4) is 0 Å². The maximum atomic E-state index is 11.1. The molecule has 3 rings (SSSR count). The summed E-state index contributed by atoms with van der Waals surface area (Å²) in [6.07, 6.45) is 0. The lowest BCUT2D eigenvalue weighted by Crippen LogP contribution is -2.04. The van der Waals surface area contributed by atoms with E-state index in [1.165, 1.54) is 12.1 Å². The van der Waals surface area contributed by atoms with E-state index in [0.29, 0.717) is 34.4 Å². The average Bonchev–Trinajstić information content (AvgIpc) is 2.62. The standard InChI is InChI=1S/C19H15N5O2/c1-12-9-17(22-15-7-4-6-13(10-15)18(25)26)24-19(21-12)23-16-8-3-2-5-14(16)11-20/h2-10H,1H3,(H,25,26)(H2,21,22,23,24). The number of nitrogens with zero attached hydrogens (tertiary/aromatic N) is 3. The minimum absolute atomic E-state index is 0.182. The summed E-state index contributed by atoms with van der Waals surface area (Å²) in [4.78, 5) is 19.8. The average molecular weight is 345 g/mol. The van der Waals surface area contributed by atoms with E-state index in [2.05, 4.69) is 26.7 Å². The van der Waals surface area contributed by atoms with Gasteiger partial charge in [0.1, 0.15) is 11.9 Å². The molecule has 0 saturated heterocycles. The largest absolute Gasteiger partial charge is 0.478 e. The molecule has 0 amide bonds. The molecule has 0 radical (unpaired) electrons. The van der Waals surface area contributed by atoms with Crippen molar-refractivity contribution in [3.63, 3.8) is 0 Å². The smallest absolute Gasteiger partial charge is 0.335 e. The number of benzene rings is 2. The molecule has 0 aliphatic heterocycles. The quantitative estimate of drug-likeness (QED) is 0.644. The Morgan fingerprint density at radius 1 is 1.08 bits per heavy atom. The first-order chi connectivity index (χ1) is 12.5. The number of hydrogen-bond acceptors (Lipinski definition) is 6. The molecule has 1 heterocycles. The fourth-order valence-electron chi connectivity index (χ4n) is 2.38. The first-order valence-electron chi connectivity index (χ1n) is 7.77. The summed E-state index contributed by atoms with van der Waals surface area (Å²) in [5.41, 5.74) is 2.60. The molecule has 0 aliphatic rings. The van der Waals surface area contributed by atoms with Crippen molar-refractivity contribution in [2.75, 3.05) is 10.6 Å².